The molecule has 1 aliphatic rings. The fourth-order valence-corrected chi connectivity index (χ4v) is 3.42. The predicted octanol–water partition coefficient (Wildman–Crippen LogP) is 4.03. The van der Waals surface area contributed by atoms with Gasteiger partial charge in [0.1, 0.15) is 5.82 Å². The van der Waals surface area contributed by atoms with Gasteiger partial charge in [-0.2, -0.15) is 0 Å². The highest BCUT2D eigenvalue weighted by Crippen LogP contribution is 2.27. The summed E-state index contributed by atoms with van der Waals surface area (Å²) in [6.45, 7) is 2.93. The summed E-state index contributed by atoms with van der Waals surface area (Å²) < 4.78 is 2.21. The van der Waals surface area contributed by atoms with Gasteiger partial charge in [0.2, 0.25) is 5.91 Å². The van der Waals surface area contributed by atoms with Gasteiger partial charge in [-0.05, 0) is 49.1 Å². The van der Waals surface area contributed by atoms with E-state index < -0.39 is 0 Å². The Morgan fingerprint density at radius 1 is 1.18 bits per heavy atom. The lowest BCUT2D eigenvalue weighted by Crippen LogP contribution is -2.09. The minimum absolute atomic E-state index is 0.177. The Hall–Kier alpha value is -3.28. The van der Waals surface area contributed by atoms with Crippen LogP contribution in [0.1, 0.15) is 36.2 Å². The molecular formula is C22H23N5O. The molecule has 3 heterocycles. The van der Waals surface area contributed by atoms with Crippen LogP contribution in [0.5, 0.6) is 0 Å². The van der Waals surface area contributed by atoms with E-state index in [1.54, 1.807) is 18.5 Å². The molecule has 0 radical (unpaired) electrons. The number of carbonyl (C=O) groups excluding carboxylic acids is 1. The van der Waals surface area contributed by atoms with E-state index in [-0.39, 0.29) is 5.91 Å². The first-order chi connectivity index (χ1) is 13.7. The zero-order valence-corrected chi connectivity index (χ0v) is 15.9. The van der Waals surface area contributed by atoms with E-state index in [4.69, 9.17) is 0 Å². The SMILES string of the molecule is Cc1ccc(-c2nnc3n2CCCCC3)cc1NC(=O)/C=C/c1cccnc1. The average molecular weight is 373 g/mol. The molecule has 3 aromatic rings. The average Bonchev–Trinajstić information content (AvgIpc) is 2.97. The zero-order valence-electron chi connectivity index (χ0n) is 15.9. The van der Waals surface area contributed by atoms with E-state index in [1.807, 2.05) is 37.3 Å². The Morgan fingerprint density at radius 3 is 2.96 bits per heavy atom. The summed E-state index contributed by atoms with van der Waals surface area (Å²) in [7, 11) is 0. The molecule has 0 unspecified atom stereocenters. The predicted molar refractivity (Wildman–Crippen MR) is 110 cm³/mol. The number of aryl methyl sites for hydroxylation is 2. The van der Waals surface area contributed by atoms with Crippen molar-refractivity contribution in [1.29, 1.82) is 0 Å². The summed E-state index contributed by atoms with van der Waals surface area (Å²) in [4.78, 5) is 16.4. The van der Waals surface area contributed by atoms with Crippen LogP contribution in [0.15, 0.2) is 48.8 Å². The van der Waals surface area contributed by atoms with E-state index in [0.717, 1.165) is 59.8 Å². The third kappa shape index (κ3) is 4.01. The number of aromatic nitrogens is 4. The van der Waals surface area contributed by atoms with Gasteiger partial charge in [-0.15, -0.1) is 10.2 Å². The molecule has 0 aliphatic carbocycles. The van der Waals surface area contributed by atoms with E-state index in [1.165, 1.54) is 12.5 Å². The van der Waals surface area contributed by atoms with Gasteiger partial charge in [-0.25, -0.2) is 0 Å². The highest BCUT2D eigenvalue weighted by Gasteiger charge is 2.16. The first kappa shape index (κ1) is 18.1. The summed E-state index contributed by atoms with van der Waals surface area (Å²) in [6.07, 6.45) is 11.2. The van der Waals surface area contributed by atoms with Gasteiger partial charge < -0.3 is 9.88 Å². The fourth-order valence-electron chi connectivity index (χ4n) is 3.42. The second-order valence-corrected chi connectivity index (χ2v) is 7.04. The van der Waals surface area contributed by atoms with Crippen molar-refractivity contribution in [2.24, 2.45) is 0 Å². The molecule has 4 rings (SSSR count). The van der Waals surface area contributed by atoms with E-state index in [0.29, 0.717) is 0 Å². The van der Waals surface area contributed by atoms with Gasteiger partial charge in [0.25, 0.3) is 0 Å². The molecule has 1 N–H and O–H groups in total. The molecule has 1 aromatic carbocycles. The first-order valence-electron chi connectivity index (χ1n) is 9.63. The normalized spacial score (nSPS) is 13.9. The van der Waals surface area contributed by atoms with E-state index >= 15 is 0 Å². The minimum atomic E-state index is -0.177. The van der Waals surface area contributed by atoms with Crippen molar-refractivity contribution < 1.29 is 4.79 Å². The molecule has 0 spiro atoms. The fraction of sp³-hybridized carbons (Fsp3) is 0.273. The number of pyridine rings is 1. The lowest BCUT2D eigenvalue weighted by atomic mass is 10.1. The van der Waals surface area contributed by atoms with Gasteiger partial charge >= 0.3 is 0 Å². The number of amides is 1. The second-order valence-electron chi connectivity index (χ2n) is 7.04. The monoisotopic (exact) mass is 373 g/mol. The number of benzene rings is 1. The number of nitrogens with one attached hydrogen (secondary N) is 1. The number of fused-ring (bicyclic) bond motifs is 1. The maximum atomic E-state index is 12.4. The smallest absolute Gasteiger partial charge is 0.248 e. The maximum absolute atomic E-state index is 12.4. The molecule has 1 aliphatic heterocycles. The van der Waals surface area contributed by atoms with Gasteiger partial charge in [-0.3, -0.25) is 9.78 Å². The van der Waals surface area contributed by atoms with Gasteiger partial charge in [0.15, 0.2) is 5.82 Å². The number of anilines is 1. The Morgan fingerprint density at radius 2 is 2.11 bits per heavy atom. The molecule has 6 heteroatoms. The largest absolute Gasteiger partial charge is 0.322 e. The van der Waals surface area contributed by atoms with Crippen LogP contribution in [0.3, 0.4) is 0 Å². The van der Waals surface area contributed by atoms with Crippen LogP contribution in [0.25, 0.3) is 17.5 Å². The third-order valence-electron chi connectivity index (χ3n) is 4.97. The van der Waals surface area contributed by atoms with Crippen LogP contribution < -0.4 is 5.32 Å². The standard InChI is InChI=1S/C22H23N5O/c1-16-8-10-18(22-26-25-20-7-3-2-4-13-27(20)22)14-19(16)24-21(28)11-9-17-6-5-12-23-15-17/h5-6,8-12,14-15H,2-4,7,13H2,1H3,(H,24,28)/b11-9+. The van der Waals surface area contributed by atoms with E-state index in [2.05, 4.69) is 25.1 Å². The molecular weight excluding hydrogens is 350 g/mol. The van der Waals surface area contributed by atoms with Crippen LogP contribution in [-0.4, -0.2) is 25.7 Å². The van der Waals surface area contributed by atoms with Crippen molar-refractivity contribution in [3.8, 4) is 11.4 Å². The molecule has 0 saturated carbocycles. The van der Waals surface area contributed by atoms with Crippen LogP contribution in [-0.2, 0) is 17.8 Å². The number of nitrogens with zero attached hydrogens (tertiary/aromatic N) is 4. The molecule has 0 atom stereocenters. The highest BCUT2D eigenvalue weighted by molar-refractivity contribution is 6.02. The lowest BCUT2D eigenvalue weighted by molar-refractivity contribution is -0.111. The number of hydrogen-bond acceptors (Lipinski definition) is 4. The maximum Gasteiger partial charge on any atom is 0.248 e. The Labute approximate surface area is 164 Å². The van der Waals surface area contributed by atoms with Crippen molar-refractivity contribution >= 4 is 17.7 Å². The molecule has 6 nitrogen and oxygen atoms in total. The lowest BCUT2D eigenvalue weighted by Gasteiger charge is -2.11. The van der Waals surface area contributed by atoms with Gasteiger partial charge in [0.05, 0.1) is 0 Å². The zero-order chi connectivity index (χ0) is 19.3. The van der Waals surface area contributed by atoms with E-state index in [9.17, 15) is 4.79 Å². The quantitative estimate of drug-likeness (QED) is 0.701. The molecule has 2 aromatic heterocycles. The molecule has 0 saturated heterocycles. The van der Waals surface area contributed by atoms with Crippen molar-refractivity contribution in [3.05, 3.63) is 65.8 Å². The van der Waals surface area contributed by atoms with Crippen molar-refractivity contribution in [2.75, 3.05) is 5.32 Å². The number of carbonyl (C=O) groups is 1. The summed E-state index contributed by atoms with van der Waals surface area (Å²) in [5, 5.41) is 11.8. The molecule has 0 fully saturated rings. The Bertz CT molecular complexity index is 1010. The van der Waals surface area contributed by atoms with Gasteiger partial charge in [0, 0.05) is 42.7 Å². The summed E-state index contributed by atoms with van der Waals surface area (Å²) in [6, 6.07) is 9.77. The van der Waals surface area contributed by atoms with Crippen LogP contribution in [0.4, 0.5) is 5.69 Å². The van der Waals surface area contributed by atoms with Crippen LogP contribution in [0, 0.1) is 6.92 Å². The number of hydrogen-bond donors (Lipinski definition) is 1. The molecule has 0 bridgehead atoms. The number of rotatable bonds is 4. The van der Waals surface area contributed by atoms with Gasteiger partial charge in [-0.1, -0.05) is 24.6 Å². The van der Waals surface area contributed by atoms with Crippen LogP contribution in [0.2, 0.25) is 0 Å². The van der Waals surface area contributed by atoms with Crippen molar-refractivity contribution in [1.82, 2.24) is 19.7 Å². The Balaban J connectivity index is 1.55. The molecule has 1 amide bonds. The summed E-state index contributed by atoms with van der Waals surface area (Å²) >= 11 is 0. The topological polar surface area (TPSA) is 72.7 Å². The molecule has 28 heavy (non-hydrogen) atoms. The minimum Gasteiger partial charge on any atom is -0.322 e. The first-order valence-corrected chi connectivity index (χ1v) is 9.63. The Kier molecular flexibility index (Phi) is 5.28. The second kappa shape index (κ2) is 8.17. The summed E-state index contributed by atoms with van der Waals surface area (Å²) in [5.74, 6) is 1.75. The van der Waals surface area contributed by atoms with Crippen molar-refractivity contribution in [3.63, 3.8) is 0 Å². The summed E-state index contributed by atoms with van der Waals surface area (Å²) in [5.41, 5.74) is 3.64. The molecule has 142 valence electrons. The van der Waals surface area contributed by atoms with Crippen LogP contribution >= 0.6 is 0 Å². The highest BCUT2D eigenvalue weighted by atomic mass is 16.1. The van der Waals surface area contributed by atoms with Crippen molar-refractivity contribution in [2.45, 2.75) is 39.2 Å². The third-order valence-corrected chi connectivity index (χ3v) is 4.97.